The molecule has 0 aliphatic carbocycles. The second-order valence-electron chi connectivity index (χ2n) is 8.51. The number of benzene rings is 4. The molecule has 6 rings (SSSR count). The summed E-state index contributed by atoms with van der Waals surface area (Å²) in [4.78, 5) is 22.6. The Balaban J connectivity index is 1.55. The molecule has 0 saturated heterocycles. The molecule has 0 atom stereocenters. The van der Waals surface area contributed by atoms with Gasteiger partial charge in [-0.3, -0.25) is 0 Å². The van der Waals surface area contributed by atoms with Crippen LogP contribution in [0.1, 0.15) is 11.4 Å². The zero-order valence-electron chi connectivity index (χ0n) is 18.9. The summed E-state index contributed by atoms with van der Waals surface area (Å²) in [6.45, 7) is 0. The number of aromatic nitrogens is 2. The second kappa shape index (κ2) is 9.13. The van der Waals surface area contributed by atoms with Gasteiger partial charge in [0.2, 0.25) is 0 Å². The minimum absolute atomic E-state index is 0.301. The highest BCUT2D eigenvalue weighted by Crippen LogP contribution is 2.29. The Morgan fingerprint density at radius 2 is 1.53 bits per heavy atom. The Morgan fingerprint density at radius 1 is 0.778 bits per heavy atom. The van der Waals surface area contributed by atoms with Gasteiger partial charge in [-0.05, 0) is 58.8 Å². The molecule has 36 heavy (non-hydrogen) atoms. The molecule has 0 fully saturated rings. The molecule has 6 heteroatoms. The topological polar surface area (TPSA) is 56.0 Å². The lowest BCUT2D eigenvalue weighted by Gasteiger charge is -2.10. The molecule has 0 aliphatic rings. The number of hydrogen-bond acceptors (Lipinski definition) is 4. The van der Waals surface area contributed by atoms with E-state index in [1.165, 1.54) is 12.1 Å². The fourth-order valence-electron chi connectivity index (χ4n) is 4.32. The maximum Gasteiger partial charge on any atom is 0.345 e. The van der Waals surface area contributed by atoms with E-state index in [4.69, 9.17) is 14.4 Å². The molecule has 4 nitrogen and oxygen atoms in total. The summed E-state index contributed by atoms with van der Waals surface area (Å²) in [5, 5.41) is 2.89. The van der Waals surface area contributed by atoms with Crippen LogP contribution < -0.4 is 5.63 Å². The van der Waals surface area contributed by atoms with Gasteiger partial charge < -0.3 is 4.42 Å². The standard InChI is InChI=1S/C30H18BrFN2O2/c31-21-10-7-20(8-11-21)26-17-27(34-29(33-26)15-18-5-12-22(32)13-6-18)25-16-24-23-4-2-1-3-19(23)9-14-28(24)36-30(25)35/h1-14,16-17H,15H2. The molecule has 0 N–H and O–H groups in total. The molecule has 0 spiro atoms. The third-order valence-electron chi connectivity index (χ3n) is 6.11. The van der Waals surface area contributed by atoms with Gasteiger partial charge in [0.05, 0.1) is 17.0 Å². The number of fused-ring (bicyclic) bond motifs is 3. The van der Waals surface area contributed by atoms with E-state index in [-0.39, 0.29) is 5.82 Å². The van der Waals surface area contributed by atoms with Crippen molar-refractivity contribution in [3.63, 3.8) is 0 Å². The average Bonchev–Trinajstić information content (AvgIpc) is 2.90. The Bertz CT molecular complexity index is 1800. The Hall–Kier alpha value is -4.16. The van der Waals surface area contributed by atoms with Crippen molar-refractivity contribution in [1.29, 1.82) is 0 Å². The van der Waals surface area contributed by atoms with Gasteiger partial charge in [0.25, 0.3) is 0 Å². The van der Waals surface area contributed by atoms with Crippen LogP contribution in [0.4, 0.5) is 4.39 Å². The smallest absolute Gasteiger partial charge is 0.345 e. The van der Waals surface area contributed by atoms with Crippen molar-refractivity contribution in [2.75, 3.05) is 0 Å². The Labute approximate surface area is 214 Å². The number of hydrogen-bond donors (Lipinski definition) is 0. The van der Waals surface area contributed by atoms with Crippen LogP contribution in [-0.4, -0.2) is 9.97 Å². The molecule has 0 aliphatic heterocycles. The monoisotopic (exact) mass is 536 g/mol. The molecular formula is C30H18BrFN2O2. The summed E-state index contributed by atoms with van der Waals surface area (Å²) < 4.78 is 20.1. The third kappa shape index (κ3) is 4.32. The van der Waals surface area contributed by atoms with Gasteiger partial charge in [-0.1, -0.05) is 70.5 Å². The first-order chi connectivity index (χ1) is 17.5. The third-order valence-corrected chi connectivity index (χ3v) is 6.63. The Kier molecular flexibility index (Phi) is 5.66. The van der Waals surface area contributed by atoms with Crippen LogP contribution >= 0.6 is 15.9 Å². The minimum atomic E-state index is -0.467. The van der Waals surface area contributed by atoms with E-state index in [0.29, 0.717) is 34.8 Å². The van der Waals surface area contributed by atoms with Crippen molar-refractivity contribution >= 4 is 37.7 Å². The first-order valence-corrected chi connectivity index (χ1v) is 12.2. The SMILES string of the molecule is O=c1oc2ccc3ccccc3c2cc1-c1cc(-c2ccc(Br)cc2)nc(Cc2ccc(F)cc2)n1. The largest absolute Gasteiger partial charge is 0.422 e. The summed E-state index contributed by atoms with van der Waals surface area (Å²) in [6, 6.07) is 29.4. The molecule has 0 unspecified atom stereocenters. The molecule has 0 amide bonds. The highest BCUT2D eigenvalue weighted by Gasteiger charge is 2.15. The van der Waals surface area contributed by atoms with Crippen molar-refractivity contribution in [1.82, 2.24) is 9.97 Å². The van der Waals surface area contributed by atoms with Crippen molar-refractivity contribution in [3.05, 3.63) is 129 Å². The average molecular weight is 537 g/mol. The van der Waals surface area contributed by atoms with E-state index in [2.05, 4.69) is 15.9 Å². The van der Waals surface area contributed by atoms with E-state index in [9.17, 15) is 9.18 Å². The fourth-order valence-corrected chi connectivity index (χ4v) is 4.58. The molecular weight excluding hydrogens is 519 g/mol. The van der Waals surface area contributed by atoms with Gasteiger partial charge in [0.1, 0.15) is 17.2 Å². The van der Waals surface area contributed by atoms with Gasteiger partial charge >= 0.3 is 5.63 Å². The lowest BCUT2D eigenvalue weighted by molar-refractivity contribution is 0.563. The lowest BCUT2D eigenvalue weighted by Crippen LogP contribution is -2.07. The van der Waals surface area contributed by atoms with E-state index in [1.54, 1.807) is 18.2 Å². The zero-order valence-corrected chi connectivity index (χ0v) is 20.5. The lowest BCUT2D eigenvalue weighted by atomic mass is 10.0. The normalized spacial score (nSPS) is 11.3. The quantitative estimate of drug-likeness (QED) is 0.172. The summed E-state index contributed by atoms with van der Waals surface area (Å²) in [5.41, 5.74) is 3.33. The van der Waals surface area contributed by atoms with Crippen LogP contribution in [0.25, 0.3) is 44.3 Å². The maximum atomic E-state index is 13.4. The fraction of sp³-hybridized carbons (Fsp3) is 0.0333. The predicted octanol–water partition coefficient (Wildman–Crippen LogP) is 7.56. The molecule has 0 radical (unpaired) electrons. The molecule has 4 aromatic carbocycles. The predicted molar refractivity (Wildman–Crippen MR) is 143 cm³/mol. The van der Waals surface area contributed by atoms with Gasteiger partial charge in [0.15, 0.2) is 0 Å². The zero-order chi connectivity index (χ0) is 24.6. The van der Waals surface area contributed by atoms with E-state index < -0.39 is 5.63 Å². The number of nitrogens with zero attached hydrogens (tertiary/aromatic N) is 2. The first-order valence-electron chi connectivity index (χ1n) is 11.4. The molecule has 0 saturated carbocycles. The second-order valence-corrected chi connectivity index (χ2v) is 9.43. The minimum Gasteiger partial charge on any atom is -0.422 e. The highest BCUT2D eigenvalue weighted by atomic mass is 79.9. The van der Waals surface area contributed by atoms with Gasteiger partial charge in [-0.2, -0.15) is 0 Å². The van der Waals surface area contributed by atoms with Crippen LogP contribution in [0.15, 0.2) is 111 Å². The summed E-state index contributed by atoms with van der Waals surface area (Å²) in [7, 11) is 0. The van der Waals surface area contributed by atoms with Crippen LogP contribution in [0, 0.1) is 5.82 Å². The van der Waals surface area contributed by atoms with Crippen LogP contribution in [-0.2, 0) is 6.42 Å². The van der Waals surface area contributed by atoms with Crippen LogP contribution in [0.3, 0.4) is 0 Å². The highest BCUT2D eigenvalue weighted by molar-refractivity contribution is 9.10. The van der Waals surface area contributed by atoms with Crippen LogP contribution in [0.2, 0.25) is 0 Å². The van der Waals surface area contributed by atoms with Crippen molar-refractivity contribution in [3.8, 4) is 22.5 Å². The van der Waals surface area contributed by atoms with E-state index in [1.807, 2.05) is 66.7 Å². The summed E-state index contributed by atoms with van der Waals surface area (Å²) in [5.74, 6) is 0.222. The molecule has 174 valence electrons. The number of halogens is 2. The number of rotatable bonds is 4. The van der Waals surface area contributed by atoms with Gasteiger partial charge in [-0.15, -0.1) is 0 Å². The molecule has 2 aromatic heterocycles. The molecule has 0 bridgehead atoms. The summed E-state index contributed by atoms with van der Waals surface area (Å²) in [6.07, 6.45) is 0.388. The van der Waals surface area contributed by atoms with Gasteiger partial charge in [0, 0.05) is 21.8 Å². The molecule has 2 heterocycles. The van der Waals surface area contributed by atoms with Gasteiger partial charge in [-0.25, -0.2) is 19.2 Å². The maximum absolute atomic E-state index is 13.4. The van der Waals surface area contributed by atoms with E-state index in [0.717, 1.165) is 31.8 Å². The summed E-state index contributed by atoms with van der Waals surface area (Å²) >= 11 is 3.47. The van der Waals surface area contributed by atoms with E-state index >= 15 is 0 Å². The molecule has 6 aromatic rings. The van der Waals surface area contributed by atoms with Crippen molar-refractivity contribution < 1.29 is 8.81 Å². The Morgan fingerprint density at radius 3 is 2.33 bits per heavy atom. The first kappa shape index (κ1) is 22.3. The van der Waals surface area contributed by atoms with Crippen molar-refractivity contribution in [2.45, 2.75) is 6.42 Å². The van der Waals surface area contributed by atoms with Crippen LogP contribution in [0.5, 0.6) is 0 Å². The van der Waals surface area contributed by atoms with Crippen molar-refractivity contribution in [2.24, 2.45) is 0 Å².